The third-order valence-corrected chi connectivity index (χ3v) is 6.37. The number of hydrogen-bond acceptors (Lipinski definition) is 3. The lowest BCUT2D eigenvalue weighted by Crippen LogP contribution is -2.30. The van der Waals surface area contributed by atoms with E-state index in [-0.39, 0.29) is 5.24 Å². The molecule has 0 spiro atoms. The van der Waals surface area contributed by atoms with E-state index in [2.05, 4.69) is 4.72 Å². The van der Waals surface area contributed by atoms with Crippen LogP contribution in [0.1, 0.15) is 0 Å². The summed E-state index contributed by atoms with van der Waals surface area (Å²) in [6.07, 6.45) is 0. The number of nitrogens with one attached hydrogen (secondary N) is 1. The van der Waals surface area contributed by atoms with E-state index in [0.717, 1.165) is 26.2 Å². The highest BCUT2D eigenvalue weighted by atomic mass is 32.2. The van der Waals surface area contributed by atoms with Gasteiger partial charge in [-0.3, -0.25) is 4.79 Å². The molecule has 5 heteroatoms. The molecule has 1 heterocycles. The molecule has 24 heavy (non-hydrogen) atoms. The van der Waals surface area contributed by atoms with Crippen molar-refractivity contribution in [3.63, 3.8) is 0 Å². The normalized spacial score (nSPS) is 12.7. The Kier molecular flexibility index (Phi) is 4.19. The summed E-state index contributed by atoms with van der Waals surface area (Å²) in [7, 11) is 0. The van der Waals surface area contributed by atoms with Crippen molar-refractivity contribution in [1.29, 1.82) is 0 Å². The number of thioether (sulfide) groups is 1. The standard InChI is InChI=1S/C19H13NO2S2/c21-19(23-14-8-2-1-3-9-14)20-24-17-12-6-4-10-15(17)22-16-11-5-7-13-18(16)24/h1-13H/p+1. The molecule has 0 bridgehead atoms. The highest BCUT2D eigenvalue weighted by Gasteiger charge is 2.39. The van der Waals surface area contributed by atoms with Gasteiger partial charge in [0.1, 0.15) is 0 Å². The predicted octanol–water partition coefficient (Wildman–Crippen LogP) is 5.25. The van der Waals surface area contributed by atoms with Gasteiger partial charge in [-0.25, -0.2) is 0 Å². The quantitative estimate of drug-likeness (QED) is 0.506. The van der Waals surface area contributed by atoms with Crippen LogP contribution in [0.2, 0.25) is 0 Å². The number of carbonyl (C=O) groups excluding carboxylic acids is 1. The average molecular weight is 352 g/mol. The highest BCUT2D eigenvalue weighted by molar-refractivity contribution is 8.15. The number of ether oxygens (including phenoxy) is 1. The Hall–Kier alpha value is -2.37. The number of benzene rings is 3. The molecule has 1 aliphatic rings. The minimum Gasteiger partial charge on any atom is -0.447 e. The molecular weight excluding hydrogens is 338 g/mol. The zero-order valence-electron chi connectivity index (χ0n) is 12.6. The zero-order valence-corrected chi connectivity index (χ0v) is 14.3. The summed E-state index contributed by atoms with van der Waals surface area (Å²) in [6, 6.07) is 25.3. The van der Waals surface area contributed by atoms with E-state index in [9.17, 15) is 4.79 Å². The molecule has 3 aromatic rings. The second-order valence-corrected chi connectivity index (χ2v) is 7.85. The van der Waals surface area contributed by atoms with E-state index in [0.29, 0.717) is 0 Å². The van der Waals surface area contributed by atoms with Crippen LogP contribution in [-0.4, -0.2) is 5.24 Å². The van der Waals surface area contributed by atoms with Crippen molar-refractivity contribution < 1.29 is 9.53 Å². The van der Waals surface area contributed by atoms with E-state index in [1.807, 2.05) is 78.9 Å². The van der Waals surface area contributed by atoms with Crippen LogP contribution >= 0.6 is 11.8 Å². The fourth-order valence-corrected chi connectivity index (χ4v) is 5.05. The predicted molar refractivity (Wildman–Crippen MR) is 97.7 cm³/mol. The first-order valence-electron chi connectivity index (χ1n) is 7.45. The summed E-state index contributed by atoms with van der Waals surface area (Å²) < 4.78 is 9.11. The Balaban J connectivity index is 1.64. The topological polar surface area (TPSA) is 38.3 Å². The lowest BCUT2D eigenvalue weighted by Gasteiger charge is -2.18. The van der Waals surface area contributed by atoms with Gasteiger partial charge in [-0.05, 0) is 36.0 Å². The zero-order chi connectivity index (χ0) is 16.4. The van der Waals surface area contributed by atoms with Crippen LogP contribution < -0.4 is 9.46 Å². The molecule has 1 N–H and O–H groups in total. The second kappa shape index (κ2) is 6.63. The number of carbonyl (C=O) groups is 1. The van der Waals surface area contributed by atoms with Gasteiger partial charge in [-0.15, -0.1) is 0 Å². The first kappa shape index (κ1) is 15.2. The van der Waals surface area contributed by atoms with Gasteiger partial charge in [-0.2, -0.15) is 4.72 Å². The molecule has 118 valence electrons. The second-order valence-electron chi connectivity index (χ2n) is 5.11. The molecule has 0 aliphatic carbocycles. The van der Waals surface area contributed by atoms with E-state index >= 15 is 0 Å². The molecule has 1 amide bonds. The van der Waals surface area contributed by atoms with E-state index in [1.165, 1.54) is 11.8 Å². The third-order valence-electron chi connectivity index (χ3n) is 3.50. The molecule has 0 unspecified atom stereocenters. The Morgan fingerprint density at radius 2 is 1.33 bits per heavy atom. The molecule has 3 nitrogen and oxygen atoms in total. The Morgan fingerprint density at radius 3 is 1.96 bits per heavy atom. The summed E-state index contributed by atoms with van der Waals surface area (Å²) in [5, 5.41) is -0.0731. The highest BCUT2D eigenvalue weighted by Crippen LogP contribution is 2.42. The average Bonchev–Trinajstić information content (AvgIpc) is 2.62. The summed E-state index contributed by atoms with van der Waals surface area (Å²) in [6.45, 7) is 0. The minimum absolute atomic E-state index is 0.0731. The Bertz CT molecular complexity index is 838. The van der Waals surface area contributed by atoms with Gasteiger partial charge in [0.25, 0.3) is 0 Å². The van der Waals surface area contributed by atoms with Gasteiger partial charge in [0.2, 0.25) is 9.79 Å². The van der Waals surface area contributed by atoms with Gasteiger partial charge < -0.3 is 4.74 Å². The van der Waals surface area contributed by atoms with Crippen molar-refractivity contribution in [3.8, 4) is 11.5 Å². The smallest absolute Gasteiger partial charge is 0.325 e. The maximum atomic E-state index is 12.5. The lowest BCUT2D eigenvalue weighted by atomic mass is 10.3. The molecule has 0 atom stereocenters. The van der Waals surface area contributed by atoms with Crippen molar-refractivity contribution in [2.24, 2.45) is 0 Å². The van der Waals surface area contributed by atoms with Crippen LogP contribution in [0.4, 0.5) is 4.79 Å². The van der Waals surface area contributed by atoms with E-state index in [1.54, 1.807) is 0 Å². The number of para-hydroxylation sites is 2. The van der Waals surface area contributed by atoms with E-state index in [4.69, 9.17) is 4.74 Å². The molecule has 0 radical (unpaired) electrons. The van der Waals surface area contributed by atoms with Gasteiger partial charge >= 0.3 is 5.24 Å². The maximum absolute atomic E-state index is 12.5. The van der Waals surface area contributed by atoms with Crippen LogP contribution in [0.5, 0.6) is 11.5 Å². The van der Waals surface area contributed by atoms with Gasteiger partial charge in [-0.1, -0.05) is 42.5 Å². The van der Waals surface area contributed by atoms with Crippen LogP contribution in [0, 0.1) is 0 Å². The van der Waals surface area contributed by atoms with Crippen molar-refractivity contribution in [3.05, 3.63) is 78.9 Å². The first-order chi connectivity index (χ1) is 11.8. The Morgan fingerprint density at radius 1 is 0.792 bits per heavy atom. The monoisotopic (exact) mass is 352 g/mol. The van der Waals surface area contributed by atoms with Crippen LogP contribution in [0.15, 0.2) is 93.5 Å². The third kappa shape index (κ3) is 3.00. The molecule has 0 saturated heterocycles. The van der Waals surface area contributed by atoms with Gasteiger partial charge in [0.15, 0.2) is 22.6 Å². The molecule has 3 aromatic carbocycles. The summed E-state index contributed by atoms with van der Waals surface area (Å²) in [4.78, 5) is 15.4. The molecular formula is C19H14NO2S2+. The number of rotatable bonds is 2. The number of hydrogen-bond donors (Lipinski definition) is 1. The largest absolute Gasteiger partial charge is 0.447 e. The molecule has 0 saturated carbocycles. The first-order valence-corrected chi connectivity index (χ1v) is 9.49. The fraction of sp³-hybridized carbons (Fsp3) is 0. The van der Waals surface area contributed by atoms with Crippen LogP contribution in [-0.2, 0) is 11.1 Å². The maximum Gasteiger partial charge on any atom is 0.325 e. The van der Waals surface area contributed by atoms with Gasteiger partial charge in [0, 0.05) is 17.0 Å². The van der Waals surface area contributed by atoms with E-state index < -0.39 is 11.1 Å². The lowest BCUT2D eigenvalue weighted by molar-refractivity contribution is 0.265. The summed E-state index contributed by atoms with van der Waals surface area (Å²) in [5.74, 6) is 1.59. The molecule has 0 fully saturated rings. The summed E-state index contributed by atoms with van der Waals surface area (Å²) >= 11 is 0.659. The summed E-state index contributed by atoms with van der Waals surface area (Å²) in [5.41, 5.74) is 0. The fourth-order valence-electron chi connectivity index (χ4n) is 2.45. The van der Waals surface area contributed by atoms with Crippen LogP contribution in [0.3, 0.4) is 0 Å². The van der Waals surface area contributed by atoms with Crippen molar-refractivity contribution in [2.75, 3.05) is 0 Å². The number of amides is 1. The minimum atomic E-state index is -0.544. The molecule has 4 rings (SSSR count). The van der Waals surface area contributed by atoms with Crippen molar-refractivity contribution in [2.45, 2.75) is 14.7 Å². The van der Waals surface area contributed by atoms with Crippen molar-refractivity contribution >= 4 is 28.1 Å². The molecule has 0 aromatic heterocycles. The SMILES string of the molecule is O=C(N[S+]1c2ccccc2Oc2ccccc21)Sc1ccccc1. The number of fused-ring (bicyclic) bond motifs is 2. The molecule has 1 aliphatic heterocycles. The van der Waals surface area contributed by atoms with Crippen LogP contribution in [0.25, 0.3) is 0 Å². The Labute approximate surface area is 147 Å². The van der Waals surface area contributed by atoms with Gasteiger partial charge in [0.05, 0.1) is 0 Å². The van der Waals surface area contributed by atoms with Crippen molar-refractivity contribution in [1.82, 2.24) is 4.72 Å².